The molecule has 0 unspecified atom stereocenters. The molecule has 1 aromatic heterocycles. The van der Waals surface area contributed by atoms with Crippen LogP contribution in [0.1, 0.15) is 51.4 Å². The van der Waals surface area contributed by atoms with Gasteiger partial charge in [-0.05, 0) is 32.4 Å². The minimum absolute atomic E-state index is 0.0223. The van der Waals surface area contributed by atoms with Crippen LogP contribution in [0.2, 0.25) is 0 Å². The number of rotatable bonds is 2. The number of aromatic nitrogens is 1. The highest BCUT2D eigenvalue weighted by atomic mass is 19.1. The molecule has 2 heterocycles. The second kappa shape index (κ2) is 6.72. The molecule has 7 heteroatoms. The number of ether oxygens (including phenoxy) is 1. The zero-order valence-corrected chi connectivity index (χ0v) is 16.7. The summed E-state index contributed by atoms with van der Waals surface area (Å²) in [7, 11) is 0. The minimum Gasteiger partial charge on any atom is -0.618 e. The van der Waals surface area contributed by atoms with Crippen molar-refractivity contribution in [3.05, 3.63) is 64.1 Å². The normalized spacial score (nSPS) is 15.5. The summed E-state index contributed by atoms with van der Waals surface area (Å²) in [5, 5.41) is 12.5. The SMILES string of the molecule is CC(C)(C)OC(=O)N1CC(C)(C)c2c[n+]([O-])c(Cc3ccc(F)cc3F)cc21. The van der Waals surface area contributed by atoms with Gasteiger partial charge in [-0.3, -0.25) is 4.90 Å². The van der Waals surface area contributed by atoms with E-state index in [1.165, 1.54) is 17.2 Å². The van der Waals surface area contributed by atoms with E-state index >= 15 is 0 Å². The van der Waals surface area contributed by atoms with E-state index in [4.69, 9.17) is 4.74 Å². The summed E-state index contributed by atoms with van der Waals surface area (Å²) in [5.74, 6) is -1.40. The first kappa shape index (κ1) is 20.0. The number of pyridine rings is 1. The average molecular weight is 390 g/mol. The molecule has 0 N–H and O–H groups in total. The fourth-order valence-electron chi connectivity index (χ4n) is 3.34. The largest absolute Gasteiger partial charge is 0.618 e. The number of hydrogen-bond donors (Lipinski definition) is 0. The molecular weight excluding hydrogens is 366 g/mol. The van der Waals surface area contributed by atoms with Gasteiger partial charge < -0.3 is 9.94 Å². The van der Waals surface area contributed by atoms with Gasteiger partial charge in [0.05, 0.1) is 12.1 Å². The van der Waals surface area contributed by atoms with Gasteiger partial charge in [-0.25, -0.2) is 13.6 Å². The molecule has 0 saturated carbocycles. The van der Waals surface area contributed by atoms with E-state index in [0.29, 0.717) is 17.0 Å². The summed E-state index contributed by atoms with van der Waals surface area (Å²) in [6.07, 6.45) is 0.906. The number of hydrogen-bond acceptors (Lipinski definition) is 3. The van der Waals surface area contributed by atoms with Gasteiger partial charge in [-0.1, -0.05) is 19.9 Å². The lowest BCUT2D eigenvalue weighted by atomic mass is 9.88. The van der Waals surface area contributed by atoms with E-state index in [0.717, 1.165) is 17.7 Å². The minimum atomic E-state index is -0.718. The maximum Gasteiger partial charge on any atom is 0.414 e. The Kier molecular flexibility index (Phi) is 4.81. The van der Waals surface area contributed by atoms with Crippen LogP contribution in [0.4, 0.5) is 19.3 Å². The summed E-state index contributed by atoms with van der Waals surface area (Å²) >= 11 is 0. The van der Waals surface area contributed by atoms with Gasteiger partial charge in [0.15, 0.2) is 11.9 Å². The van der Waals surface area contributed by atoms with Crippen molar-refractivity contribution < 1.29 is 23.0 Å². The predicted molar refractivity (Wildman–Crippen MR) is 101 cm³/mol. The average Bonchev–Trinajstić information content (AvgIpc) is 2.80. The summed E-state index contributed by atoms with van der Waals surface area (Å²) in [6.45, 7) is 9.60. The van der Waals surface area contributed by atoms with E-state index in [-0.39, 0.29) is 17.7 Å². The number of carbonyl (C=O) groups excluding carboxylic acids is 1. The van der Waals surface area contributed by atoms with E-state index in [1.54, 1.807) is 26.8 Å². The number of anilines is 1. The molecule has 0 atom stereocenters. The maximum absolute atomic E-state index is 14.0. The molecule has 1 aromatic carbocycles. The molecule has 2 aromatic rings. The van der Waals surface area contributed by atoms with E-state index in [2.05, 4.69) is 0 Å². The van der Waals surface area contributed by atoms with Crippen LogP contribution < -0.4 is 9.63 Å². The molecular formula is C21H24F2N2O3. The molecule has 150 valence electrons. The van der Waals surface area contributed by atoms with Gasteiger partial charge in [0, 0.05) is 29.7 Å². The fraction of sp³-hybridized carbons (Fsp3) is 0.429. The number of amides is 1. The van der Waals surface area contributed by atoms with Gasteiger partial charge in [0.25, 0.3) is 0 Å². The Morgan fingerprint density at radius 1 is 1.29 bits per heavy atom. The standard InChI is InChI=1S/C21H24F2N2O3/c1-20(2,3)28-19(26)24-12-21(4,5)16-11-25(27)15(10-18(16)24)8-13-6-7-14(22)9-17(13)23/h6-7,9-11H,8,12H2,1-5H3. The van der Waals surface area contributed by atoms with Gasteiger partial charge in [0.1, 0.15) is 17.2 Å². The van der Waals surface area contributed by atoms with Crippen LogP contribution in [0.15, 0.2) is 30.5 Å². The van der Waals surface area contributed by atoms with Crippen molar-refractivity contribution in [2.24, 2.45) is 0 Å². The van der Waals surface area contributed by atoms with Crippen molar-refractivity contribution in [2.45, 2.75) is 52.1 Å². The number of halogens is 2. The third-order valence-electron chi connectivity index (χ3n) is 4.68. The smallest absolute Gasteiger partial charge is 0.414 e. The van der Waals surface area contributed by atoms with Crippen LogP contribution in [0.5, 0.6) is 0 Å². The van der Waals surface area contributed by atoms with Crippen LogP contribution >= 0.6 is 0 Å². The molecule has 5 nitrogen and oxygen atoms in total. The highest BCUT2D eigenvalue weighted by Crippen LogP contribution is 2.40. The number of nitrogens with zero attached hydrogens (tertiary/aromatic N) is 2. The van der Waals surface area contributed by atoms with Gasteiger partial charge >= 0.3 is 6.09 Å². The Morgan fingerprint density at radius 2 is 1.96 bits per heavy atom. The van der Waals surface area contributed by atoms with Crippen molar-refractivity contribution >= 4 is 11.8 Å². The molecule has 1 aliphatic heterocycles. The number of fused-ring (bicyclic) bond motifs is 1. The van der Waals surface area contributed by atoms with Crippen molar-refractivity contribution in [3.63, 3.8) is 0 Å². The lowest BCUT2D eigenvalue weighted by molar-refractivity contribution is -0.614. The maximum atomic E-state index is 14.0. The van der Waals surface area contributed by atoms with E-state index in [1.807, 2.05) is 13.8 Å². The molecule has 0 aliphatic carbocycles. The van der Waals surface area contributed by atoms with Gasteiger partial charge in [-0.2, -0.15) is 4.73 Å². The fourth-order valence-corrected chi connectivity index (χ4v) is 3.34. The summed E-state index contributed by atoms with van der Waals surface area (Å²) in [4.78, 5) is 14.2. The number of benzene rings is 1. The van der Waals surface area contributed by atoms with Gasteiger partial charge in [-0.15, -0.1) is 0 Å². The summed E-state index contributed by atoms with van der Waals surface area (Å²) < 4.78 is 33.3. The molecule has 0 radical (unpaired) electrons. The van der Waals surface area contributed by atoms with E-state index in [9.17, 15) is 18.8 Å². The Balaban J connectivity index is 2.00. The van der Waals surface area contributed by atoms with Crippen LogP contribution in [0, 0.1) is 16.8 Å². The topological polar surface area (TPSA) is 56.5 Å². The quantitative estimate of drug-likeness (QED) is 0.570. The van der Waals surface area contributed by atoms with Crippen LogP contribution in [-0.2, 0) is 16.6 Å². The van der Waals surface area contributed by atoms with Crippen LogP contribution in [0.3, 0.4) is 0 Å². The first-order chi connectivity index (χ1) is 12.9. The highest BCUT2D eigenvalue weighted by molar-refractivity contribution is 5.91. The molecule has 0 saturated heterocycles. The second-order valence-corrected chi connectivity index (χ2v) is 8.75. The molecule has 28 heavy (non-hydrogen) atoms. The van der Waals surface area contributed by atoms with Crippen molar-refractivity contribution in [2.75, 3.05) is 11.4 Å². The van der Waals surface area contributed by atoms with Crippen LogP contribution in [-0.4, -0.2) is 18.2 Å². The first-order valence-electron chi connectivity index (χ1n) is 9.08. The van der Waals surface area contributed by atoms with Crippen molar-refractivity contribution in [1.29, 1.82) is 0 Å². The van der Waals surface area contributed by atoms with Crippen molar-refractivity contribution in [3.8, 4) is 0 Å². The summed E-state index contributed by atoms with van der Waals surface area (Å²) in [6, 6.07) is 4.84. The third-order valence-corrected chi connectivity index (χ3v) is 4.68. The van der Waals surface area contributed by atoms with Crippen molar-refractivity contribution in [1.82, 2.24) is 0 Å². The van der Waals surface area contributed by atoms with E-state index < -0.39 is 28.7 Å². The Hall–Kier alpha value is -2.70. The second-order valence-electron chi connectivity index (χ2n) is 8.75. The zero-order chi connectivity index (χ0) is 20.9. The van der Waals surface area contributed by atoms with Gasteiger partial charge in [0.2, 0.25) is 0 Å². The Bertz CT molecular complexity index is 936. The van der Waals surface area contributed by atoms with Crippen LogP contribution in [0.25, 0.3) is 0 Å². The predicted octanol–water partition coefficient (Wildman–Crippen LogP) is 4.22. The third kappa shape index (κ3) is 3.93. The highest BCUT2D eigenvalue weighted by Gasteiger charge is 2.42. The molecule has 1 amide bonds. The Labute approximate surface area is 163 Å². The molecule has 0 spiro atoms. The molecule has 3 rings (SSSR count). The lowest BCUT2D eigenvalue weighted by Gasteiger charge is -2.25. The molecule has 0 fully saturated rings. The molecule has 0 bridgehead atoms. The lowest BCUT2D eigenvalue weighted by Crippen LogP contribution is -2.38. The molecule has 1 aliphatic rings. The zero-order valence-electron chi connectivity index (χ0n) is 16.7. The summed E-state index contributed by atoms with van der Waals surface area (Å²) in [5.41, 5.74) is 0.665. The number of carbonyl (C=O) groups is 1. The first-order valence-corrected chi connectivity index (χ1v) is 9.08. The Morgan fingerprint density at radius 3 is 2.57 bits per heavy atom. The monoisotopic (exact) mass is 390 g/mol.